The molecular weight excluding hydrogens is 193 g/mol. The molecule has 5 heteroatoms. The van der Waals surface area contributed by atoms with Crippen LogP contribution >= 0.6 is 0 Å². The molecule has 2 rings (SSSR count). The maximum atomic E-state index is 12.5. The molecule has 2 nitrogen and oxygen atoms in total. The van der Waals surface area contributed by atoms with Crippen molar-refractivity contribution in [2.75, 3.05) is 0 Å². The Hall–Kier alpha value is -1.65. The molecule has 14 heavy (non-hydrogen) atoms. The van der Waals surface area contributed by atoms with Crippen LogP contribution in [0.3, 0.4) is 0 Å². The zero-order valence-electron chi connectivity index (χ0n) is 6.92. The second-order valence-corrected chi connectivity index (χ2v) is 2.73. The molecule has 0 N–H and O–H groups in total. The summed E-state index contributed by atoms with van der Waals surface area (Å²) in [6.07, 6.45) is -1.77. The van der Waals surface area contributed by atoms with Crippen LogP contribution in [0, 0.1) is 0 Å². The largest absolute Gasteiger partial charge is 0.418 e. The Bertz CT molecular complexity index is 460. The summed E-state index contributed by atoms with van der Waals surface area (Å²) in [6, 6.07) is 3.81. The molecule has 0 bridgehead atoms. The highest BCUT2D eigenvalue weighted by atomic mass is 19.4. The fourth-order valence-electron chi connectivity index (χ4n) is 1.22. The highest BCUT2D eigenvalue weighted by Gasteiger charge is 2.33. The van der Waals surface area contributed by atoms with Gasteiger partial charge < -0.3 is 0 Å². The Morgan fingerprint density at radius 3 is 2.43 bits per heavy atom. The maximum absolute atomic E-state index is 12.5. The summed E-state index contributed by atoms with van der Waals surface area (Å²) >= 11 is 0. The standard InChI is InChI=1S/C9H5F3N2/c10-9(11,12)6-2-1-3-7-8(6)14-5-4-13-7/h1-5H. The molecule has 0 aliphatic carbocycles. The molecule has 0 fully saturated rings. The Labute approximate surface area is 77.4 Å². The molecule has 0 saturated heterocycles. The third kappa shape index (κ3) is 1.41. The number of alkyl halides is 3. The SMILES string of the molecule is FC(F)(F)c1cccc2nccnc12. The quantitative estimate of drug-likeness (QED) is 0.650. The van der Waals surface area contributed by atoms with E-state index in [0.29, 0.717) is 0 Å². The van der Waals surface area contributed by atoms with Gasteiger partial charge in [-0.15, -0.1) is 0 Å². The van der Waals surface area contributed by atoms with Crippen LogP contribution < -0.4 is 0 Å². The highest BCUT2D eigenvalue weighted by molar-refractivity contribution is 5.77. The van der Waals surface area contributed by atoms with Gasteiger partial charge in [-0.25, -0.2) is 0 Å². The number of hydrogen-bond acceptors (Lipinski definition) is 2. The van der Waals surface area contributed by atoms with Crippen molar-refractivity contribution in [3.63, 3.8) is 0 Å². The van der Waals surface area contributed by atoms with Gasteiger partial charge in [0.2, 0.25) is 0 Å². The van der Waals surface area contributed by atoms with Crippen molar-refractivity contribution >= 4 is 11.0 Å². The number of para-hydroxylation sites is 1. The number of fused-ring (bicyclic) bond motifs is 1. The summed E-state index contributed by atoms with van der Waals surface area (Å²) in [5.74, 6) is 0. The van der Waals surface area contributed by atoms with E-state index in [1.54, 1.807) is 0 Å². The first-order valence-corrected chi connectivity index (χ1v) is 3.86. The zero-order chi connectivity index (χ0) is 10.2. The van der Waals surface area contributed by atoms with E-state index in [9.17, 15) is 13.2 Å². The maximum Gasteiger partial charge on any atom is 0.418 e. The summed E-state index contributed by atoms with van der Waals surface area (Å²) in [7, 11) is 0. The molecule has 0 saturated carbocycles. The lowest BCUT2D eigenvalue weighted by atomic mass is 10.1. The van der Waals surface area contributed by atoms with Gasteiger partial charge >= 0.3 is 6.18 Å². The summed E-state index contributed by atoms with van der Waals surface area (Å²) < 4.78 is 37.4. The van der Waals surface area contributed by atoms with Crippen LogP contribution in [0.15, 0.2) is 30.6 Å². The highest BCUT2D eigenvalue weighted by Crippen LogP contribution is 2.32. The molecule has 0 unspecified atom stereocenters. The molecule has 1 aromatic heterocycles. The predicted molar refractivity (Wildman–Crippen MR) is 44.5 cm³/mol. The van der Waals surface area contributed by atoms with Crippen molar-refractivity contribution in [2.24, 2.45) is 0 Å². The van der Waals surface area contributed by atoms with Gasteiger partial charge in [0.25, 0.3) is 0 Å². The third-order valence-corrected chi connectivity index (χ3v) is 1.80. The number of halogens is 3. The monoisotopic (exact) mass is 198 g/mol. The fraction of sp³-hybridized carbons (Fsp3) is 0.111. The van der Waals surface area contributed by atoms with Crippen molar-refractivity contribution in [3.05, 3.63) is 36.2 Å². The van der Waals surface area contributed by atoms with Gasteiger partial charge in [0.05, 0.1) is 11.1 Å². The second kappa shape index (κ2) is 2.94. The average molecular weight is 198 g/mol. The molecule has 1 aromatic carbocycles. The van der Waals surface area contributed by atoms with Crippen LogP contribution in [0.2, 0.25) is 0 Å². The molecule has 72 valence electrons. The van der Waals surface area contributed by atoms with Crippen LogP contribution in [0.1, 0.15) is 5.56 Å². The molecule has 1 heterocycles. The van der Waals surface area contributed by atoms with Crippen LogP contribution in [-0.2, 0) is 6.18 Å². The number of rotatable bonds is 0. The van der Waals surface area contributed by atoms with Gasteiger partial charge in [0.15, 0.2) is 0 Å². The van der Waals surface area contributed by atoms with E-state index in [1.807, 2.05) is 0 Å². The van der Waals surface area contributed by atoms with Crippen molar-refractivity contribution in [3.8, 4) is 0 Å². The molecule has 0 aliphatic rings. The first kappa shape index (κ1) is 8.93. The van der Waals surface area contributed by atoms with Crippen LogP contribution in [0.4, 0.5) is 13.2 Å². The lowest BCUT2D eigenvalue weighted by Gasteiger charge is -2.07. The van der Waals surface area contributed by atoms with E-state index < -0.39 is 11.7 Å². The topological polar surface area (TPSA) is 25.8 Å². The van der Waals surface area contributed by atoms with Gasteiger partial charge in [0.1, 0.15) is 5.52 Å². The summed E-state index contributed by atoms with van der Waals surface area (Å²) in [5.41, 5.74) is -0.604. The third-order valence-electron chi connectivity index (χ3n) is 1.80. The molecule has 0 atom stereocenters. The fourth-order valence-corrected chi connectivity index (χ4v) is 1.22. The first-order chi connectivity index (χ1) is 6.59. The number of aromatic nitrogens is 2. The number of benzene rings is 1. The van der Waals surface area contributed by atoms with Gasteiger partial charge in [0, 0.05) is 12.4 Å². The van der Waals surface area contributed by atoms with Crippen molar-refractivity contribution in [2.45, 2.75) is 6.18 Å². The molecular formula is C9H5F3N2. The van der Waals surface area contributed by atoms with Crippen molar-refractivity contribution < 1.29 is 13.2 Å². The molecule has 0 amide bonds. The summed E-state index contributed by atoms with van der Waals surface area (Å²) in [6.45, 7) is 0. The van der Waals surface area contributed by atoms with E-state index in [0.717, 1.165) is 6.07 Å². The Morgan fingerprint density at radius 1 is 1.00 bits per heavy atom. The van der Waals surface area contributed by atoms with E-state index in [4.69, 9.17) is 0 Å². The Kier molecular flexibility index (Phi) is 1.87. The molecule has 2 aromatic rings. The van der Waals surface area contributed by atoms with Crippen LogP contribution in [-0.4, -0.2) is 9.97 Å². The Morgan fingerprint density at radius 2 is 1.71 bits per heavy atom. The van der Waals surface area contributed by atoms with Gasteiger partial charge in [-0.2, -0.15) is 13.2 Å². The first-order valence-electron chi connectivity index (χ1n) is 3.86. The Balaban J connectivity index is 2.78. The molecule has 0 spiro atoms. The van der Waals surface area contributed by atoms with Crippen LogP contribution in [0.5, 0.6) is 0 Å². The van der Waals surface area contributed by atoms with Crippen molar-refractivity contribution in [1.29, 1.82) is 0 Å². The second-order valence-electron chi connectivity index (χ2n) is 2.73. The van der Waals surface area contributed by atoms with Gasteiger partial charge in [-0.05, 0) is 12.1 Å². The van der Waals surface area contributed by atoms with Crippen molar-refractivity contribution in [1.82, 2.24) is 9.97 Å². The normalized spacial score (nSPS) is 11.9. The molecule has 0 radical (unpaired) electrons. The van der Waals surface area contributed by atoms with E-state index >= 15 is 0 Å². The minimum Gasteiger partial charge on any atom is -0.253 e. The summed E-state index contributed by atoms with van der Waals surface area (Å²) in [5, 5.41) is 0. The minimum atomic E-state index is -4.38. The minimum absolute atomic E-state index is 0.109. The van der Waals surface area contributed by atoms with E-state index in [-0.39, 0.29) is 11.0 Å². The number of hydrogen-bond donors (Lipinski definition) is 0. The van der Waals surface area contributed by atoms with E-state index in [1.165, 1.54) is 24.5 Å². The number of nitrogens with zero attached hydrogens (tertiary/aromatic N) is 2. The smallest absolute Gasteiger partial charge is 0.253 e. The predicted octanol–water partition coefficient (Wildman–Crippen LogP) is 2.65. The lowest BCUT2D eigenvalue weighted by Crippen LogP contribution is -2.06. The van der Waals surface area contributed by atoms with Crippen LogP contribution in [0.25, 0.3) is 11.0 Å². The summed E-state index contributed by atoms with van der Waals surface area (Å²) in [4.78, 5) is 7.46. The lowest BCUT2D eigenvalue weighted by molar-refractivity contribution is -0.136. The van der Waals surface area contributed by atoms with E-state index in [2.05, 4.69) is 9.97 Å². The average Bonchev–Trinajstić information content (AvgIpc) is 2.15. The molecule has 0 aliphatic heterocycles. The van der Waals surface area contributed by atoms with Gasteiger partial charge in [-0.3, -0.25) is 9.97 Å². The van der Waals surface area contributed by atoms with Gasteiger partial charge in [-0.1, -0.05) is 6.07 Å². The zero-order valence-corrected chi connectivity index (χ0v) is 6.92.